The van der Waals surface area contributed by atoms with Crippen molar-refractivity contribution in [3.8, 4) is 0 Å². The molecule has 0 aliphatic heterocycles. The molecule has 0 aliphatic carbocycles. The molecule has 114 valence electrons. The van der Waals surface area contributed by atoms with Gasteiger partial charge in [0.1, 0.15) is 0 Å². The minimum absolute atomic E-state index is 0.377. The van der Waals surface area contributed by atoms with Crippen LogP contribution in [0.3, 0.4) is 0 Å². The van der Waals surface area contributed by atoms with Gasteiger partial charge in [0.05, 0.1) is 4.90 Å². The molecule has 0 aliphatic rings. The van der Waals surface area contributed by atoms with Crippen molar-refractivity contribution in [1.82, 2.24) is 4.31 Å². The van der Waals surface area contributed by atoms with Gasteiger partial charge in [-0.15, -0.1) is 0 Å². The highest BCUT2D eigenvalue weighted by Crippen LogP contribution is 2.25. The van der Waals surface area contributed by atoms with Crippen LogP contribution < -0.4 is 5.73 Å². The number of rotatable bonds is 7. The Hall–Kier alpha value is -1.43. The fourth-order valence-corrected chi connectivity index (χ4v) is 3.78. The Morgan fingerprint density at radius 1 is 1.00 bits per heavy atom. The van der Waals surface area contributed by atoms with Crippen LogP contribution in [0.4, 0.5) is 0 Å². The maximum atomic E-state index is 12.7. The van der Waals surface area contributed by atoms with Gasteiger partial charge in [-0.3, -0.25) is 0 Å². The first-order chi connectivity index (χ1) is 10.1. The van der Waals surface area contributed by atoms with Gasteiger partial charge in [0.2, 0.25) is 10.0 Å². The molecule has 0 saturated heterocycles. The molecule has 2 aromatic rings. The van der Waals surface area contributed by atoms with Crippen LogP contribution in [-0.2, 0) is 10.0 Å². The Balaban J connectivity index is 2.25. The summed E-state index contributed by atoms with van der Waals surface area (Å²) in [5, 5.41) is 1.71. The summed E-state index contributed by atoms with van der Waals surface area (Å²) in [6.07, 6.45) is 2.71. The van der Waals surface area contributed by atoms with E-state index in [1.807, 2.05) is 30.3 Å². The maximum Gasteiger partial charge on any atom is 0.243 e. The van der Waals surface area contributed by atoms with E-state index in [0.29, 0.717) is 18.0 Å². The lowest BCUT2D eigenvalue weighted by molar-refractivity contribution is 0.453. The summed E-state index contributed by atoms with van der Waals surface area (Å²) < 4.78 is 26.9. The molecule has 2 N–H and O–H groups in total. The van der Waals surface area contributed by atoms with Crippen LogP contribution >= 0.6 is 0 Å². The van der Waals surface area contributed by atoms with Crippen LogP contribution in [0.25, 0.3) is 10.8 Å². The first-order valence-corrected chi connectivity index (χ1v) is 8.65. The highest BCUT2D eigenvalue weighted by atomic mass is 32.2. The van der Waals surface area contributed by atoms with Gasteiger partial charge >= 0.3 is 0 Å². The van der Waals surface area contributed by atoms with Crippen molar-refractivity contribution < 1.29 is 8.42 Å². The van der Waals surface area contributed by atoms with E-state index >= 15 is 0 Å². The van der Waals surface area contributed by atoms with Gasteiger partial charge in [-0.25, -0.2) is 12.7 Å². The van der Waals surface area contributed by atoms with Crippen molar-refractivity contribution in [3.63, 3.8) is 0 Å². The molecule has 2 aromatic carbocycles. The molecule has 4 nitrogen and oxygen atoms in total. The van der Waals surface area contributed by atoms with Crippen LogP contribution in [0.5, 0.6) is 0 Å². The Kier molecular flexibility index (Phi) is 5.33. The number of nitrogens with zero attached hydrogens (tertiary/aromatic N) is 1. The van der Waals surface area contributed by atoms with Crippen LogP contribution in [0, 0.1) is 0 Å². The van der Waals surface area contributed by atoms with Crippen molar-refractivity contribution in [1.29, 1.82) is 0 Å². The molecular formula is C16H22N2O2S. The molecule has 0 saturated carbocycles. The molecule has 5 heteroatoms. The fourth-order valence-electron chi connectivity index (χ4n) is 2.36. The number of hydrogen-bond donors (Lipinski definition) is 1. The van der Waals surface area contributed by atoms with Gasteiger partial charge in [-0.1, -0.05) is 42.8 Å². The highest BCUT2D eigenvalue weighted by Gasteiger charge is 2.22. The van der Waals surface area contributed by atoms with Gasteiger partial charge in [0.15, 0.2) is 0 Å². The monoisotopic (exact) mass is 306 g/mol. The van der Waals surface area contributed by atoms with Gasteiger partial charge in [-0.2, -0.15) is 0 Å². The van der Waals surface area contributed by atoms with Crippen LogP contribution in [0.1, 0.15) is 19.3 Å². The molecule has 0 heterocycles. The van der Waals surface area contributed by atoms with E-state index in [2.05, 4.69) is 0 Å². The number of fused-ring (bicyclic) bond motifs is 1. The number of hydrogen-bond acceptors (Lipinski definition) is 3. The van der Waals surface area contributed by atoms with Gasteiger partial charge in [0.25, 0.3) is 0 Å². The molecule has 0 aromatic heterocycles. The van der Waals surface area contributed by atoms with Gasteiger partial charge < -0.3 is 5.73 Å². The first-order valence-electron chi connectivity index (χ1n) is 7.21. The van der Waals surface area contributed by atoms with Gasteiger partial charge in [0, 0.05) is 19.0 Å². The Morgan fingerprint density at radius 3 is 2.48 bits per heavy atom. The molecule has 0 fully saturated rings. The smallest absolute Gasteiger partial charge is 0.243 e. The van der Waals surface area contributed by atoms with Crippen LogP contribution in [0.2, 0.25) is 0 Å². The lowest BCUT2D eigenvalue weighted by Crippen LogP contribution is -2.28. The van der Waals surface area contributed by atoms with Crippen molar-refractivity contribution in [2.24, 2.45) is 5.73 Å². The van der Waals surface area contributed by atoms with E-state index in [1.54, 1.807) is 19.2 Å². The average Bonchev–Trinajstić information content (AvgIpc) is 2.50. The molecule has 0 bridgehead atoms. The maximum absolute atomic E-state index is 12.7. The third-order valence-electron chi connectivity index (χ3n) is 3.61. The van der Waals surface area contributed by atoms with E-state index in [9.17, 15) is 8.42 Å². The predicted molar refractivity (Wildman–Crippen MR) is 86.7 cm³/mol. The van der Waals surface area contributed by atoms with E-state index in [4.69, 9.17) is 5.73 Å². The number of sulfonamides is 1. The normalized spacial score (nSPS) is 12.1. The molecular weight excluding hydrogens is 284 g/mol. The minimum atomic E-state index is -3.45. The summed E-state index contributed by atoms with van der Waals surface area (Å²) in [5.74, 6) is 0. The van der Waals surface area contributed by atoms with Crippen molar-refractivity contribution in [3.05, 3.63) is 42.5 Å². The second-order valence-corrected chi connectivity index (χ2v) is 7.17. The first kappa shape index (κ1) is 15.9. The fraction of sp³-hybridized carbons (Fsp3) is 0.375. The Morgan fingerprint density at radius 2 is 1.71 bits per heavy atom. The topological polar surface area (TPSA) is 63.4 Å². The Labute approximate surface area is 126 Å². The summed E-state index contributed by atoms with van der Waals surface area (Å²) in [5.41, 5.74) is 5.45. The van der Waals surface area contributed by atoms with Crippen molar-refractivity contribution in [2.45, 2.75) is 24.2 Å². The zero-order chi connectivity index (χ0) is 15.3. The second kappa shape index (κ2) is 7.02. The standard InChI is InChI=1S/C16H22N2O2S/c1-18(13-6-2-5-12-17)21(19,20)16-11-7-9-14-8-3-4-10-15(14)16/h3-4,7-11H,2,5-6,12-13,17H2,1H3. The summed E-state index contributed by atoms with van der Waals surface area (Å²) in [6, 6.07) is 12.9. The van der Waals surface area contributed by atoms with Gasteiger partial charge in [-0.05, 0) is 30.8 Å². The zero-order valence-electron chi connectivity index (χ0n) is 12.3. The number of benzene rings is 2. The molecule has 2 rings (SSSR count). The molecule has 0 amide bonds. The quantitative estimate of drug-likeness (QED) is 0.800. The third-order valence-corrected chi connectivity index (χ3v) is 5.53. The zero-order valence-corrected chi connectivity index (χ0v) is 13.1. The molecule has 0 radical (unpaired) electrons. The summed E-state index contributed by atoms with van der Waals surface area (Å²) >= 11 is 0. The SMILES string of the molecule is CN(CCCCCN)S(=O)(=O)c1cccc2ccccc12. The molecule has 0 unspecified atom stereocenters. The third kappa shape index (κ3) is 3.61. The minimum Gasteiger partial charge on any atom is -0.330 e. The van der Waals surface area contributed by atoms with Crippen LogP contribution in [0.15, 0.2) is 47.4 Å². The second-order valence-electron chi connectivity index (χ2n) is 5.15. The predicted octanol–water partition coefficient (Wildman–Crippen LogP) is 2.59. The summed E-state index contributed by atoms with van der Waals surface area (Å²) in [7, 11) is -1.81. The summed E-state index contributed by atoms with van der Waals surface area (Å²) in [6.45, 7) is 1.17. The Bertz CT molecular complexity index is 693. The lowest BCUT2D eigenvalue weighted by atomic mass is 10.1. The lowest BCUT2D eigenvalue weighted by Gasteiger charge is -2.18. The average molecular weight is 306 g/mol. The van der Waals surface area contributed by atoms with E-state index in [0.717, 1.165) is 30.0 Å². The largest absolute Gasteiger partial charge is 0.330 e. The highest BCUT2D eigenvalue weighted by molar-refractivity contribution is 7.89. The van der Waals surface area contributed by atoms with E-state index in [-0.39, 0.29) is 0 Å². The van der Waals surface area contributed by atoms with Crippen molar-refractivity contribution in [2.75, 3.05) is 20.1 Å². The van der Waals surface area contributed by atoms with Crippen molar-refractivity contribution >= 4 is 20.8 Å². The van der Waals surface area contributed by atoms with E-state index < -0.39 is 10.0 Å². The molecule has 0 spiro atoms. The molecule has 0 atom stereocenters. The van der Waals surface area contributed by atoms with E-state index in [1.165, 1.54) is 4.31 Å². The molecule has 21 heavy (non-hydrogen) atoms. The van der Waals surface area contributed by atoms with Crippen LogP contribution in [-0.4, -0.2) is 32.9 Å². The number of nitrogens with two attached hydrogens (primary N) is 1. The summed E-state index contributed by atoms with van der Waals surface area (Å²) in [4.78, 5) is 0.377. The number of unbranched alkanes of at least 4 members (excludes halogenated alkanes) is 2.